The third-order valence-electron chi connectivity index (χ3n) is 5.81. The highest BCUT2D eigenvalue weighted by atomic mass is 32.1. The fourth-order valence-electron chi connectivity index (χ4n) is 3.77. The molecule has 0 saturated carbocycles. The van der Waals surface area contributed by atoms with E-state index >= 15 is 0 Å². The van der Waals surface area contributed by atoms with E-state index in [9.17, 15) is 14.4 Å². The van der Waals surface area contributed by atoms with Crippen LogP contribution in [0, 0.1) is 13.8 Å². The molecular formula is C24H31N3O3S. The highest BCUT2D eigenvalue weighted by Crippen LogP contribution is 2.26. The van der Waals surface area contributed by atoms with Crippen LogP contribution < -0.4 is 11.2 Å². The third-order valence-corrected chi connectivity index (χ3v) is 7.04. The lowest BCUT2D eigenvalue weighted by Crippen LogP contribution is -2.43. The van der Waals surface area contributed by atoms with Crippen molar-refractivity contribution in [1.29, 1.82) is 0 Å². The zero-order valence-corrected chi connectivity index (χ0v) is 19.6. The summed E-state index contributed by atoms with van der Waals surface area (Å²) in [5.74, 6) is -0.0867. The summed E-state index contributed by atoms with van der Waals surface area (Å²) in [4.78, 5) is 43.0. The zero-order valence-electron chi connectivity index (χ0n) is 18.8. The monoisotopic (exact) mass is 441 g/mol. The summed E-state index contributed by atoms with van der Waals surface area (Å²) in [7, 11) is 0. The Hall–Kier alpha value is -2.67. The van der Waals surface area contributed by atoms with E-state index in [-0.39, 0.29) is 24.6 Å². The molecule has 0 unspecified atom stereocenters. The number of carbonyl (C=O) groups is 1. The lowest BCUT2D eigenvalue weighted by atomic mass is 10.1. The summed E-state index contributed by atoms with van der Waals surface area (Å²) in [6, 6.07) is 9.80. The first kappa shape index (κ1) is 23.0. The average Bonchev–Trinajstić information content (AvgIpc) is 3.06. The molecule has 2 heterocycles. The van der Waals surface area contributed by atoms with Gasteiger partial charge < -0.3 is 4.90 Å². The van der Waals surface area contributed by atoms with Crippen molar-refractivity contribution in [1.82, 2.24) is 14.0 Å². The number of hydrogen-bond acceptors (Lipinski definition) is 4. The molecule has 31 heavy (non-hydrogen) atoms. The highest BCUT2D eigenvalue weighted by Gasteiger charge is 2.21. The van der Waals surface area contributed by atoms with Gasteiger partial charge in [0.25, 0.3) is 5.56 Å². The van der Waals surface area contributed by atoms with E-state index in [4.69, 9.17) is 0 Å². The normalized spacial score (nSPS) is 11.2. The van der Waals surface area contributed by atoms with Gasteiger partial charge in [-0.3, -0.25) is 18.7 Å². The molecule has 166 valence electrons. The molecule has 6 nitrogen and oxygen atoms in total. The van der Waals surface area contributed by atoms with E-state index in [2.05, 4.69) is 6.92 Å². The van der Waals surface area contributed by atoms with Gasteiger partial charge in [-0.15, -0.1) is 11.3 Å². The Labute approximate surface area is 186 Å². The van der Waals surface area contributed by atoms with E-state index in [1.165, 1.54) is 20.5 Å². The molecule has 0 saturated heterocycles. The van der Waals surface area contributed by atoms with Gasteiger partial charge in [-0.25, -0.2) is 4.79 Å². The molecule has 0 bridgehead atoms. The predicted molar refractivity (Wildman–Crippen MR) is 127 cm³/mol. The van der Waals surface area contributed by atoms with Crippen molar-refractivity contribution >= 4 is 27.5 Å². The van der Waals surface area contributed by atoms with Crippen LogP contribution in [0.5, 0.6) is 0 Å². The number of carbonyl (C=O) groups excluding carboxylic acids is 1. The highest BCUT2D eigenvalue weighted by molar-refractivity contribution is 7.18. The van der Waals surface area contributed by atoms with E-state index in [1.807, 2.05) is 51.1 Å². The second kappa shape index (κ2) is 10.1. The van der Waals surface area contributed by atoms with Crippen LogP contribution in [0.2, 0.25) is 0 Å². The first-order chi connectivity index (χ1) is 14.9. The molecule has 0 aliphatic heterocycles. The van der Waals surface area contributed by atoms with Crippen LogP contribution in [0.1, 0.15) is 42.7 Å². The van der Waals surface area contributed by atoms with Gasteiger partial charge in [0, 0.05) is 24.5 Å². The molecule has 3 rings (SSSR count). The Morgan fingerprint density at radius 3 is 2.42 bits per heavy atom. The maximum Gasteiger partial charge on any atom is 0.332 e. The number of aryl methyl sites for hydroxylation is 3. The van der Waals surface area contributed by atoms with Gasteiger partial charge in [-0.2, -0.15) is 0 Å². The summed E-state index contributed by atoms with van der Waals surface area (Å²) in [6.07, 6.45) is 2.51. The largest absolute Gasteiger partial charge is 0.341 e. The zero-order chi connectivity index (χ0) is 22.5. The minimum atomic E-state index is -0.408. The topological polar surface area (TPSA) is 64.3 Å². The number of likely N-dealkylation sites (N-methyl/N-ethyl adjacent to an activating group) is 1. The van der Waals surface area contributed by atoms with E-state index < -0.39 is 5.69 Å². The lowest BCUT2D eigenvalue weighted by molar-refractivity contribution is -0.131. The predicted octanol–water partition coefficient (Wildman–Crippen LogP) is 3.73. The van der Waals surface area contributed by atoms with Crippen molar-refractivity contribution in [2.24, 2.45) is 0 Å². The van der Waals surface area contributed by atoms with Crippen LogP contribution in [0.15, 0.2) is 39.9 Å². The number of nitrogens with zero attached hydrogens (tertiary/aromatic N) is 3. The minimum Gasteiger partial charge on any atom is -0.341 e. The van der Waals surface area contributed by atoms with Crippen molar-refractivity contribution in [3.8, 4) is 0 Å². The van der Waals surface area contributed by atoms with Crippen LogP contribution >= 0.6 is 11.3 Å². The molecule has 2 aromatic heterocycles. The van der Waals surface area contributed by atoms with Crippen LogP contribution in [-0.2, 0) is 24.3 Å². The molecule has 0 radical (unpaired) electrons. The van der Waals surface area contributed by atoms with E-state index in [1.54, 1.807) is 4.90 Å². The number of benzene rings is 1. The van der Waals surface area contributed by atoms with Gasteiger partial charge in [0.2, 0.25) is 5.91 Å². The average molecular weight is 442 g/mol. The molecule has 1 aromatic carbocycles. The van der Waals surface area contributed by atoms with Crippen LogP contribution in [-0.4, -0.2) is 33.0 Å². The van der Waals surface area contributed by atoms with Crippen LogP contribution in [0.4, 0.5) is 0 Å². The van der Waals surface area contributed by atoms with Gasteiger partial charge in [-0.1, -0.05) is 43.7 Å². The Bertz CT molecular complexity index is 1170. The number of amides is 1. The summed E-state index contributed by atoms with van der Waals surface area (Å²) < 4.78 is 2.80. The van der Waals surface area contributed by atoms with E-state index in [0.29, 0.717) is 29.7 Å². The molecule has 0 fully saturated rings. The Kier molecular flexibility index (Phi) is 7.49. The van der Waals surface area contributed by atoms with Crippen LogP contribution in [0.25, 0.3) is 10.2 Å². The molecule has 0 spiro atoms. The van der Waals surface area contributed by atoms with Gasteiger partial charge in [0.05, 0.1) is 5.39 Å². The molecule has 0 aliphatic rings. The SMILES string of the molecule is CCCCN(CC)C(=O)Cn1c(=O)n(CCc2ccccc2)c(=O)c2c(C)c(C)sc21. The van der Waals surface area contributed by atoms with Crippen molar-refractivity contribution in [3.63, 3.8) is 0 Å². The molecule has 0 N–H and O–H groups in total. The molecule has 1 amide bonds. The number of hydrogen-bond donors (Lipinski definition) is 0. The first-order valence-electron chi connectivity index (χ1n) is 10.9. The smallest absolute Gasteiger partial charge is 0.332 e. The lowest BCUT2D eigenvalue weighted by Gasteiger charge is -2.21. The molecule has 0 atom stereocenters. The van der Waals surface area contributed by atoms with Crippen molar-refractivity contribution in [3.05, 3.63) is 67.2 Å². The molecular weight excluding hydrogens is 410 g/mol. The first-order valence-corrected chi connectivity index (χ1v) is 11.8. The Morgan fingerprint density at radius 1 is 1.06 bits per heavy atom. The molecule has 0 aliphatic carbocycles. The number of aromatic nitrogens is 2. The second-order valence-electron chi connectivity index (χ2n) is 7.85. The van der Waals surface area contributed by atoms with Gasteiger partial charge in [0.15, 0.2) is 0 Å². The minimum absolute atomic E-state index is 0.0438. The number of unbranched alkanes of at least 4 members (excludes halogenated alkanes) is 1. The van der Waals surface area contributed by atoms with Gasteiger partial charge in [0.1, 0.15) is 11.4 Å². The van der Waals surface area contributed by atoms with Crippen molar-refractivity contribution in [2.45, 2.75) is 60.0 Å². The van der Waals surface area contributed by atoms with Crippen LogP contribution in [0.3, 0.4) is 0 Å². The fraction of sp³-hybridized carbons (Fsp3) is 0.458. The van der Waals surface area contributed by atoms with Gasteiger partial charge >= 0.3 is 5.69 Å². The Balaban J connectivity index is 2.05. The second-order valence-corrected chi connectivity index (χ2v) is 9.05. The van der Waals surface area contributed by atoms with E-state index in [0.717, 1.165) is 28.8 Å². The Morgan fingerprint density at radius 2 is 1.77 bits per heavy atom. The maximum absolute atomic E-state index is 13.4. The fourth-order valence-corrected chi connectivity index (χ4v) is 4.91. The number of fused-ring (bicyclic) bond motifs is 1. The summed E-state index contributed by atoms with van der Waals surface area (Å²) >= 11 is 1.41. The number of rotatable bonds is 9. The summed E-state index contributed by atoms with van der Waals surface area (Å²) in [6.45, 7) is 9.42. The van der Waals surface area contributed by atoms with Gasteiger partial charge in [-0.05, 0) is 44.7 Å². The number of thiophene rings is 1. The van der Waals surface area contributed by atoms with Crippen molar-refractivity contribution in [2.75, 3.05) is 13.1 Å². The maximum atomic E-state index is 13.4. The standard InChI is InChI=1S/C24H31N3O3S/c1-5-7-14-25(6-2)20(28)16-27-23-21(17(3)18(4)31-23)22(29)26(24(27)30)15-13-19-11-9-8-10-12-19/h8-12H,5-7,13-16H2,1-4H3. The van der Waals surface area contributed by atoms with Crippen molar-refractivity contribution < 1.29 is 4.79 Å². The third kappa shape index (κ3) is 4.82. The molecule has 7 heteroatoms. The summed E-state index contributed by atoms with van der Waals surface area (Å²) in [5, 5.41) is 0.555. The molecule has 3 aromatic rings. The quantitative estimate of drug-likeness (QED) is 0.508. The summed E-state index contributed by atoms with van der Waals surface area (Å²) in [5.41, 5.74) is 1.28.